The number of methoxy groups -OCH3 is 1. The molecule has 0 saturated carbocycles. The third kappa shape index (κ3) is 4.82. The molecule has 4 heteroatoms. The van der Waals surface area contributed by atoms with Crippen molar-refractivity contribution in [1.29, 1.82) is 5.26 Å². The van der Waals surface area contributed by atoms with Gasteiger partial charge in [-0.05, 0) is 31.5 Å². The second-order valence-electron chi connectivity index (χ2n) is 3.22. The number of hydrogen-bond acceptors (Lipinski definition) is 4. The number of rotatable bonds is 7. The van der Waals surface area contributed by atoms with Crippen LogP contribution in [0.3, 0.4) is 0 Å². The van der Waals surface area contributed by atoms with E-state index < -0.39 is 0 Å². The minimum absolute atomic E-state index is 0.661. The fourth-order valence-corrected chi connectivity index (χ4v) is 2.02. The van der Waals surface area contributed by atoms with Crippen molar-refractivity contribution in [3.63, 3.8) is 0 Å². The molecule has 0 amide bonds. The van der Waals surface area contributed by atoms with Gasteiger partial charge in [0.25, 0.3) is 0 Å². The van der Waals surface area contributed by atoms with E-state index in [1.165, 1.54) is 4.88 Å². The molecule has 0 aliphatic carbocycles. The molecule has 1 aromatic rings. The summed E-state index contributed by atoms with van der Waals surface area (Å²) in [7, 11) is 1.69. The predicted molar refractivity (Wildman–Crippen MR) is 62.0 cm³/mol. The van der Waals surface area contributed by atoms with Gasteiger partial charge in [-0.2, -0.15) is 5.26 Å². The molecular formula is C11H16N2OS. The van der Waals surface area contributed by atoms with Gasteiger partial charge in [0.2, 0.25) is 0 Å². The molecule has 82 valence electrons. The number of thiophene rings is 1. The van der Waals surface area contributed by atoms with Gasteiger partial charge in [-0.15, -0.1) is 11.3 Å². The highest BCUT2D eigenvalue weighted by Gasteiger charge is 1.98. The van der Waals surface area contributed by atoms with Crippen molar-refractivity contribution in [2.75, 3.05) is 13.7 Å². The van der Waals surface area contributed by atoms with Crippen LogP contribution in [0.15, 0.2) is 12.1 Å². The van der Waals surface area contributed by atoms with Crippen molar-refractivity contribution in [2.45, 2.75) is 25.8 Å². The molecule has 1 rings (SSSR count). The van der Waals surface area contributed by atoms with E-state index in [1.54, 1.807) is 18.4 Å². The first-order valence-corrected chi connectivity index (χ1v) is 5.89. The van der Waals surface area contributed by atoms with Crippen molar-refractivity contribution in [3.8, 4) is 11.1 Å². The van der Waals surface area contributed by atoms with Crippen LogP contribution in [-0.4, -0.2) is 13.7 Å². The van der Waals surface area contributed by atoms with Crippen molar-refractivity contribution in [3.05, 3.63) is 17.0 Å². The Hall–Kier alpha value is -1.05. The zero-order chi connectivity index (χ0) is 10.9. The maximum Gasteiger partial charge on any atom is 0.173 e. The first-order valence-electron chi connectivity index (χ1n) is 5.07. The molecule has 0 aliphatic rings. The number of unbranched alkanes of at least 4 members (excludes halogenated alkanes) is 2. The lowest BCUT2D eigenvalue weighted by atomic mass is 10.2. The third-order valence-corrected chi connectivity index (χ3v) is 3.08. The Balaban J connectivity index is 2.07. The molecule has 15 heavy (non-hydrogen) atoms. The number of nitrogens with zero attached hydrogens (tertiary/aromatic N) is 1. The van der Waals surface area contributed by atoms with Gasteiger partial charge in [0.1, 0.15) is 0 Å². The Morgan fingerprint density at radius 2 is 2.33 bits per heavy atom. The highest BCUT2D eigenvalue weighted by Crippen LogP contribution is 2.23. The van der Waals surface area contributed by atoms with E-state index in [0.717, 1.165) is 31.0 Å². The van der Waals surface area contributed by atoms with E-state index in [-0.39, 0.29) is 0 Å². The van der Waals surface area contributed by atoms with Gasteiger partial charge in [0.05, 0.1) is 13.2 Å². The molecule has 1 N–H and O–H groups in total. The lowest BCUT2D eigenvalue weighted by Crippen LogP contribution is -2.13. The molecule has 0 bridgehead atoms. The molecule has 0 spiro atoms. The van der Waals surface area contributed by atoms with Crippen LogP contribution < -0.4 is 10.1 Å². The van der Waals surface area contributed by atoms with Crippen LogP contribution >= 0.6 is 11.3 Å². The molecular weight excluding hydrogens is 208 g/mol. The van der Waals surface area contributed by atoms with Crippen molar-refractivity contribution < 1.29 is 4.74 Å². The first-order chi connectivity index (χ1) is 7.36. The quantitative estimate of drug-likeness (QED) is 0.724. The average molecular weight is 224 g/mol. The highest BCUT2D eigenvalue weighted by atomic mass is 32.1. The van der Waals surface area contributed by atoms with Gasteiger partial charge in [0.15, 0.2) is 5.06 Å². The smallest absolute Gasteiger partial charge is 0.173 e. The summed E-state index contributed by atoms with van der Waals surface area (Å²) in [5.74, 6) is 0. The second-order valence-corrected chi connectivity index (χ2v) is 4.35. The summed E-state index contributed by atoms with van der Waals surface area (Å²) in [5.41, 5.74) is 0. The van der Waals surface area contributed by atoms with Crippen LogP contribution in [0.2, 0.25) is 0 Å². The zero-order valence-electron chi connectivity index (χ0n) is 8.95. The Bertz CT molecular complexity index is 317. The topological polar surface area (TPSA) is 45.0 Å². The summed E-state index contributed by atoms with van der Waals surface area (Å²) in [6.45, 7) is 1.86. The summed E-state index contributed by atoms with van der Waals surface area (Å²) in [4.78, 5) is 1.28. The van der Waals surface area contributed by atoms with Gasteiger partial charge in [-0.25, -0.2) is 0 Å². The summed E-state index contributed by atoms with van der Waals surface area (Å²) < 4.78 is 5.11. The highest BCUT2D eigenvalue weighted by molar-refractivity contribution is 7.13. The Morgan fingerprint density at radius 3 is 3.00 bits per heavy atom. The van der Waals surface area contributed by atoms with Crippen LogP contribution in [0, 0.1) is 11.3 Å². The lowest BCUT2D eigenvalue weighted by molar-refractivity contribution is 0.427. The molecule has 0 atom stereocenters. The molecule has 1 heterocycles. The van der Waals surface area contributed by atoms with E-state index >= 15 is 0 Å². The molecule has 0 radical (unpaired) electrons. The van der Waals surface area contributed by atoms with Gasteiger partial charge in [-0.1, -0.05) is 0 Å². The molecule has 0 aromatic carbocycles. The predicted octanol–water partition coefficient (Wildman–Crippen LogP) is 2.54. The van der Waals surface area contributed by atoms with Crippen molar-refractivity contribution in [2.24, 2.45) is 0 Å². The summed E-state index contributed by atoms with van der Waals surface area (Å²) in [6.07, 6.45) is 2.71. The standard InChI is InChI=1S/C11H16N2OS/c1-14-11-6-5-10(15-11)9-13-8-4-2-3-7-12/h5-6,13H,2-4,8-9H2,1H3. The molecule has 0 saturated heterocycles. The SMILES string of the molecule is COc1ccc(CNCCCCC#N)s1. The fraction of sp³-hybridized carbons (Fsp3) is 0.545. The summed E-state index contributed by atoms with van der Waals surface area (Å²) >= 11 is 1.66. The number of hydrogen-bond donors (Lipinski definition) is 1. The molecule has 0 fully saturated rings. The van der Waals surface area contributed by atoms with Crippen molar-refractivity contribution in [1.82, 2.24) is 5.32 Å². The van der Waals surface area contributed by atoms with Gasteiger partial charge < -0.3 is 10.1 Å². The van der Waals surface area contributed by atoms with E-state index in [4.69, 9.17) is 10.00 Å². The lowest BCUT2D eigenvalue weighted by Gasteiger charge is -2.00. The maximum absolute atomic E-state index is 8.35. The van der Waals surface area contributed by atoms with E-state index in [9.17, 15) is 0 Å². The maximum atomic E-state index is 8.35. The van der Waals surface area contributed by atoms with E-state index in [2.05, 4.69) is 17.5 Å². The largest absolute Gasteiger partial charge is 0.487 e. The molecule has 0 unspecified atom stereocenters. The fourth-order valence-electron chi connectivity index (χ4n) is 1.23. The number of ether oxygens (including phenoxy) is 1. The third-order valence-electron chi connectivity index (χ3n) is 2.03. The Kier molecular flexibility index (Phi) is 5.83. The Morgan fingerprint density at radius 1 is 1.47 bits per heavy atom. The average Bonchev–Trinajstić information content (AvgIpc) is 2.71. The van der Waals surface area contributed by atoms with Crippen LogP contribution in [0.4, 0.5) is 0 Å². The van der Waals surface area contributed by atoms with Gasteiger partial charge >= 0.3 is 0 Å². The Labute approximate surface area is 94.7 Å². The van der Waals surface area contributed by atoms with Crippen LogP contribution in [-0.2, 0) is 6.54 Å². The van der Waals surface area contributed by atoms with Crippen LogP contribution in [0.1, 0.15) is 24.1 Å². The minimum Gasteiger partial charge on any atom is -0.487 e. The van der Waals surface area contributed by atoms with Crippen molar-refractivity contribution >= 4 is 11.3 Å². The molecule has 0 aliphatic heterocycles. The summed E-state index contributed by atoms with van der Waals surface area (Å²) in [5, 5.41) is 12.6. The van der Waals surface area contributed by atoms with Crippen LogP contribution in [0.5, 0.6) is 5.06 Å². The normalized spacial score (nSPS) is 9.87. The second kappa shape index (κ2) is 7.27. The van der Waals surface area contributed by atoms with Crippen LogP contribution in [0.25, 0.3) is 0 Å². The van der Waals surface area contributed by atoms with Gasteiger partial charge in [-0.3, -0.25) is 0 Å². The zero-order valence-corrected chi connectivity index (χ0v) is 9.77. The number of nitriles is 1. The van der Waals surface area contributed by atoms with E-state index in [0.29, 0.717) is 6.42 Å². The summed E-state index contributed by atoms with van der Waals surface area (Å²) in [6, 6.07) is 6.20. The van der Waals surface area contributed by atoms with E-state index in [1.807, 2.05) is 6.07 Å². The molecule has 1 aromatic heterocycles. The number of nitrogens with one attached hydrogen (secondary N) is 1. The minimum atomic E-state index is 0.661. The monoisotopic (exact) mass is 224 g/mol. The first kappa shape index (κ1) is 12.0. The molecule has 3 nitrogen and oxygen atoms in total. The van der Waals surface area contributed by atoms with Gasteiger partial charge in [0, 0.05) is 17.8 Å².